The molecule has 0 spiro atoms. The average molecular weight is 283 g/mol. The van der Waals surface area contributed by atoms with Crippen molar-refractivity contribution in [3.05, 3.63) is 23.8 Å². The van der Waals surface area contributed by atoms with Crippen LogP contribution in [0.4, 0.5) is 0 Å². The first-order valence-corrected chi connectivity index (χ1v) is 6.74. The molecule has 0 amide bonds. The van der Waals surface area contributed by atoms with E-state index in [-0.39, 0.29) is 12.3 Å². The van der Waals surface area contributed by atoms with Gasteiger partial charge in [-0.15, -0.1) is 0 Å². The summed E-state index contributed by atoms with van der Waals surface area (Å²) in [7, 11) is 4.90. The van der Waals surface area contributed by atoms with Crippen molar-refractivity contribution in [2.45, 2.75) is 32.7 Å². The molecule has 1 N–H and O–H groups in total. The van der Waals surface area contributed by atoms with Gasteiger partial charge in [0.1, 0.15) is 0 Å². The van der Waals surface area contributed by atoms with Crippen LogP contribution in [-0.4, -0.2) is 40.3 Å². The molecule has 5 nitrogen and oxygen atoms in total. The van der Waals surface area contributed by atoms with Gasteiger partial charge >= 0.3 is 0 Å². The van der Waals surface area contributed by atoms with Crippen molar-refractivity contribution in [1.29, 1.82) is 0 Å². The second-order valence-electron chi connectivity index (χ2n) is 4.43. The predicted molar refractivity (Wildman–Crippen MR) is 78.3 cm³/mol. The summed E-state index contributed by atoms with van der Waals surface area (Å²) in [5.74, 6) is 1.51. The molecule has 5 heteroatoms. The first-order valence-electron chi connectivity index (χ1n) is 6.74. The normalized spacial score (nSPS) is 12.5. The maximum absolute atomic E-state index is 5.50. The second-order valence-corrected chi connectivity index (χ2v) is 4.43. The third kappa shape index (κ3) is 4.67. The lowest BCUT2D eigenvalue weighted by Gasteiger charge is -2.22. The van der Waals surface area contributed by atoms with E-state index in [4.69, 9.17) is 18.9 Å². The van der Waals surface area contributed by atoms with Gasteiger partial charge < -0.3 is 24.3 Å². The van der Waals surface area contributed by atoms with Gasteiger partial charge in [-0.2, -0.15) is 0 Å². The minimum Gasteiger partial charge on any atom is -0.493 e. The maximum Gasteiger partial charge on any atom is 0.171 e. The Hall–Kier alpha value is -1.30. The van der Waals surface area contributed by atoms with Crippen molar-refractivity contribution in [3.8, 4) is 11.5 Å². The van der Waals surface area contributed by atoms with Gasteiger partial charge in [-0.3, -0.25) is 0 Å². The van der Waals surface area contributed by atoms with Crippen LogP contribution < -0.4 is 14.8 Å². The van der Waals surface area contributed by atoms with Crippen molar-refractivity contribution in [1.82, 2.24) is 5.32 Å². The number of benzene rings is 1. The number of rotatable bonds is 9. The van der Waals surface area contributed by atoms with Crippen LogP contribution in [0.2, 0.25) is 0 Å². The summed E-state index contributed by atoms with van der Waals surface area (Å²) >= 11 is 0. The molecule has 114 valence electrons. The smallest absolute Gasteiger partial charge is 0.171 e. The molecule has 20 heavy (non-hydrogen) atoms. The molecule has 0 aliphatic rings. The van der Waals surface area contributed by atoms with E-state index in [1.807, 2.05) is 32.0 Å². The third-order valence-electron chi connectivity index (χ3n) is 3.03. The SMILES string of the molecule is CCOc1ccc(CNC(C)C(OC)OC)cc1OC. The first kappa shape index (κ1) is 16.8. The molecule has 0 bridgehead atoms. The molecule has 0 heterocycles. The Morgan fingerprint density at radius 3 is 2.35 bits per heavy atom. The van der Waals surface area contributed by atoms with E-state index in [2.05, 4.69) is 5.32 Å². The standard InChI is InChI=1S/C15H25NO4/c1-6-20-13-8-7-12(9-14(13)17-3)10-16-11(2)15(18-4)19-5/h7-9,11,15-16H,6,10H2,1-5H3. The van der Waals surface area contributed by atoms with E-state index in [9.17, 15) is 0 Å². The number of methoxy groups -OCH3 is 3. The highest BCUT2D eigenvalue weighted by atomic mass is 16.7. The minimum absolute atomic E-state index is 0.0857. The van der Waals surface area contributed by atoms with E-state index in [1.54, 1.807) is 21.3 Å². The molecule has 1 aromatic carbocycles. The fourth-order valence-corrected chi connectivity index (χ4v) is 1.98. The number of ether oxygens (including phenoxy) is 4. The van der Waals surface area contributed by atoms with E-state index in [1.165, 1.54) is 0 Å². The zero-order valence-electron chi connectivity index (χ0n) is 12.9. The Balaban J connectivity index is 2.64. The zero-order valence-corrected chi connectivity index (χ0v) is 12.9. The molecular formula is C15H25NO4. The highest BCUT2D eigenvalue weighted by Gasteiger charge is 2.15. The third-order valence-corrected chi connectivity index (χ3v) is 3.03. The molecule has 0 radical (unpaired) electrons. The predicted octanol–water partition coefficient (Wildman–Crippen LogP) is 2.19. The molecular weight excluding hydrogens is 258 g/mol. The van der Waals surface area contributed by atoms with Crippen LogP contribution in [0.5, 0.6) is 11.5 Å². The molecule has 1 rings (SSSR count). The van der Waals surface area contributed by atoms with Crippen molar-refractivity contribution in [2.75, 3.05) is 27.9 Å². The van der Waals surface area contributed by atoms with Crippen LogP contribution in [0.25, 0.3) is 0 Å². The maximum atomic E-state index is 5.50. The lowest BCUT2D eigenvalue weighted by atomic mass is 10.2. The Morgan fingerprint density at radius 2 is 1.80 bits per heavy atom. The van der Waals surface area contributed by atoms with Crippen LogP contribution in [0, 0.1) is 0 Å². The lowest BCUT2D eigenvalue weighted by molar-refractivity contribution is -0.119. The quantitative estimate of drug-likeness (QED) is 0.704. The number of nitrogens with one attached hydrogen (secondary N) is 1. The van der Waals surface area contributed by atoms with Gasteiger partial charge in [0.2, 0.25) is 0 Å². The molecule has 1 atom stereocenters. The first-order chi connectivity index (χ1) is 9.65. The lowest BCUT2D eigenvalue weighted by Crippen LogP contribution is -2.39. The Bertz CT molecular complexity index is 393. The largest absolute Gasteiger partial charge is 0.493 e. The van der Waals surface area contributed by atoms with Crippen molar-refractivity contribution in [3.63, 3.8) is 0 Å². The minimum atomic E-state index is -0.264. The molecule has 0 aliphatic heterocycles. The summed E-state index contributed by atoms with van der Waals surface area (Å²) < 4.78 is 21.3. The van der Waals surface area contributed by atoms with E-state index < -0.39 is 0 Å². The summed E-state index contributed by atoms with van der Waals surface area (Å²) in [6.07, 6.45) is -0.264. The Morgan fingerprint density at radius 1 is 1.10 bits per heavy atom. The topological polar surface area (TPSA) is 49.0 Å². The van der Waals surface area contributed by atoms with Crippen molar-refractivity contribution >= 4 is 0 Å². The molecule has 0 saturated carbocycles. The van der Waals surface area contributed by atoms with Crippen LogP contribution in [-0.2, 0) is 16.0 Å². The Kier molecular flexibility index (Phi) is 7.36. The summed E-state index contributed by atoms with van der Waals surface area (Å²) in [5.41, 5.74) is 1.11. The highest BCUT2D eigenvalue weighted by Crippen LogP contribution is 2.28. The van der Waals surface area contributed by atoms with Crippen LogP contribution >= 0.6 is 0 Å². The summed E-state index contributed by atoms with van der Waals surface area (Å²) in [6.45, 7) is 5.29. The Labute approximate surface area is 121 Å². The molecule has 0 aliphatic carbocycles. The van der Waals surface area contributed by atoms with Gasteiger partial charge in [-0.25, -0.2) is 0 Å². The highest BCUT2D eigenvalue weighted by molar-refractivity contribution is 5.42. The van der Waals surface area contributed by atoms with Gasteiger partial charge in [-0.1, -0.05) is 6.07 Å². The summed E-state index contributed by atoms with van der Waals surface area (Å²) in [4.78, 5) is 0. The number of hydrogen-bond acceptors (Lipinski definition) is 5. The van der Waals surface area contributed by atoms with Gasteiger partial charge in [-0.05, 0) is 31.5 Å². The molecule has 1 aromatic rings. The fraction of sp³-hybridized carbons (Fsp3) is 0.600. The second kappa shape index (κ2) is 8.79. The monoisotopic (exact) mass is 283 g/mol. The summed E-state index contributed by atoms with van der Waals surface area (Å²) in [5, 5.41) is 3.36. The molecule has 0 saturated heterocycles. The van der Waals surface area contributed by atoms with Crippen LogP contribution in [0.15, 0.2) is 18.2 Å². The molecule has 0 aromatic heterocycles. The summed E-state index contributed by atoms with van der Waals surface area (Å²) in [6, 6.07) is 6.00. The van der Waals surface area contributed by atoms with Gasteiger partial charge in [0, 0.05) is 20.8 Å². The molecule has 0 fully saturated rings. The van der Waals surface area contributed by atoms with Crippen LogP contribution in [0.3, 0.4) is 0 Å². The molecule has 1 unspecified atom stereocenters. The van der Waals surface area contributed by atoms with Crippen molar-refractivity contribution in [2.24, 2.45) is 0 Å². The average Bonchev–Trinajstić information content (AvgIpc) is 2.47. The van der Waals surface area contributed by atoms with E-state index in [0.29, 0.717) is 13.2 Å². The van der Waals surface area contributed by atoms with Gasteiger partial charge in [0.15, 0.2) is 17.8 Å². The van der Waals surface area contributed by atoms with Gasteiger partial charge in [0.05, 0.1) is 19.8 Å². The van der Waals surface area contributed by atoms with E-state index >= 15 is 0 Å². The van der Waals surface area contributed by atoms with Crippen LogP contribution in [0.1, 0.15) is 19.4 Å². The zero-order chi connectivity index (χ0) is 15.0. The van der Waals surface area contributed by atoms with E-state index in [0.717, 1.165) is 17.1 Å². The van der Waals surface area contributed by atoms with Gasteiger partial charge in [0.25, 0.3) is 0 Å². The fourth-order valence-electron chi connectivity index (χ4n) is 1.98. The van der Waals surface area contributed by atoms with Crippen molar-refractivity contribution < 1.29 is 18.9 Å². The number of hydrogen-bond donors (Lipinski definition) is 1.